The average Bonchev–Trinajstić information content (AvgIpc) is 2.30. The normalized spacial score (nSPS) is 11.5. The molecule has 0 spiro atoms. The second-order valence-electron chi connectivity index (χ2n) is 3.61. The molecule has 0 atom stereocenters. The summed E-state index contributed by atoms with van der Waals surface area (Å²) >= 11 is 1.81. The maximum Gasteiger partial charge on any atom is 0.156 e. The molecule has 16 heavy (non-hydrogen) atoms. The van der Waals surface area contributed by atoms with Gasteiger partial charge in [-0.2, -0.15) is 11.8 Å². The Morgan fingerprint density at radius 2 is 2.00 bits per heavy atom. The molecule has 1 aromatic rings. The molecule has 0 saturated carbocycles. The number of ketones is 1. The van der Waals surface area contributed by atoms with Crippen LogP contribution in [0.3, 0.4) is 0 Å². The van der Waals surface area contributed by atoms with Crippen molar-refractivity contribution in [3.63, 3.8) is 0 Å². The molecule has 0 aromatic heterocycles. The summed E-state index contributed by atoms with van der Waals surface area (Å²) in [6.07, 6.45) is 2.40. The summed E-state index contributed by atoms with van der Waals surface area (Å²) in [5.74, 6) is 2.23. The van der Waals surface area contributed by atoms with Crippen molar-refractivity contribution in [1.29, 1.82) is 0 Å². The van der Waals surface area contributed by atoms with Crippen molar-refractivity contribution in [2.45, 2.75) is 20.3 Å². The van der Waals surface area contributed by atoms with Crippen LogP contribution in [0.2, 0.25) is 0 Å². The van der Waals surface area contributed by atoms with Crippen molar-refractivity contribution < 1.29 is 4.79 Å². The fraction of sp³-hybridized carbons (Fsp3) is 0.357. The standard InChI is InChI=1S/C14H18OS/c1-3-16-10-9-14(15)11-12(2)13-7-5-4-6-8-13/h4-8,11H,3,9-10H2,1-2H3/b12-11+. The monoisotopic (exact) mass is 234 g/mol. The molecule has 1 aromatic carbocycles. The van der Waals surface area contributed by atoms with Crippen molar-refractivity contribution in [2.75, 3.05) is 11.5 Å². The maximum absolute atomic E-state index is 11.6. The van der Waals surface area contributed by atoms with Gasteiger partial charge in [-0.15, -0.1) is 0 Å². The Morgan fingerprint density at radius 3 is 2.62 bits per heavy atom. The topological polar surface area (TPSA) is 17.1 Å². The summed E-state index contributed by atoms with van der Waals surface area (Å²) in [6.45, 7) is 4.10. The summed E-state index contributed by atoms with van der Waals surface area (Å²) < 4.78 is 0. The molecule has 0 amide bonds. The summed E-state index contributed by atoms with van der Waals surface area (Å²) in [4.78, 5) is 11.6. The lowest BCUT2D eigenvalue weighted by Crippen LogP contribution is -1.96. The first-order chi connectivity index (χ1) is 7.74. The quantitative estimate of drug-likeness (QED) is 0.550. The Bertz CT molecular complexity index is 354. The van der Waals surface area contributed by atoms with E-state index in [2.05, 4.69) is 6.92 Å². The van der Waals surface area contributed by atoms with Gasteiger partial charge in [0, 0.05) is 12.2 Å². The van der Waals surface area contributed by atoms with Crippen molar-refractivity contribution in [1.82, 2.24) is 0 Å². The van der Waals surface area contributed by atoms with Crippen LogP contribution in [0.5, 0.6) is 0 Å². The molecule has 0 aliphatic rings. The zero-order valence-electron chi connectivity index (χ0n) is 9.90. The van der Waals surface area contributed by atoms with Gasteiger partial charge in [-0.1, -0.05) is 37.3 Å². The Balaban J connectivity index is 2.53. The summed E-state index contributed by atoms with van der Waals surface area (Å²) in [5, 5.41) is 0. The van der Waals surface area contributed by atoms with Gasteiger partial charge in [0.25, 0.3) is 0 Å². The van der Waals surface area contributed by atoms with Gasteiger partial charge in [0.1, 0.15) is 0 Å². The number of allylic oxidation sites excluding steroid dienone is 2. The van der Waals surface area contributed by atoms with Crippen LogP contribution in [0.1, 0.15) is 25.8 Å². The average molecular weight is 234 g/mol. The molecular weight excluding hydrogens is 216 g/mol. The van der Waals surface area contributed by atoms with E-state index in [0.717, 1.165) is 22.6 Å². The third-order valence-electron chi connectivity index (χ3n) is 2.30. The van der Waals surface area contributed by atoms with Crippen molar-refractivity contribution in [3.05, 3.63) is 42.0 Å². The highest BCUT2D eigenvalue weighted by Gasteiger charge is 2.00. The fourth-order valence-electron chi connectivity index (χ4n) is 1.42. The highest BCUT2D eigenvalue weighted by atomic mass is 32.2. The van der Waals surface area contributed by atoms with E-state index in [-0.39, 0.29) is 5.78 Å². The van der Waals surface area contributed by atoms with Crippen LogP contribution < -0.4 is 0 Å². The van der Waals surface area contributed by atoms with Gasteiger partial charge in [-0.3, -0.25) is 4.79 Å². The number of carbonyl (C=O) groups is 1. The van der Waals surface area contributed by atoms with Gasteiger partial charge in [0.2, 0.25) is 0 Å². The Labute approximate surface area is 102 Å². The fourth-order valence-corrected chi connectivity index (χ4v) is 2.05. The van der Waals surface area contributed by atoms with Gasteiger partial charge in [0.05, 0.1) is 0 Å². The molecule has 1 nitrogen and oxygen atoms in total. The highest BCUT2D eigenvalue weighted by molar-refractivity contribution is 7.99. The first-order valence-electron chi connectivity index (χ1n) is 5.58. The molecule has 0 aliphatic heterocycles. The minimum absolute atomic E-state index is 0.224. The maximum atomic E-state index is 11.6. The summed E-state index contributed by atoms with van der Waals surface area (Å²) in [5.41, 5.74) is 2.17. The molecule has 0 N–H and O–H groups in total. The lowest BCUT2D eigenvalue weighted by molar-refractivity contribution is -0.114. The van der Waals surface area contributed by atoms with Crippen molar-refractivity contribution in [3.8, 4) is 0 Å². The molecule has 86 valence electrons. The number of hydrogen-bond acceptors (Lipinski definition) is 2. The number of benzene rings is 1. The Kier molecular flexibility index (Phi) is 5.94. The predicted molar refractivity (Wildman–Crippen MR) is 72.7 cm³/mol. The first-order valence-corrected chi connectivity index (χ1v) is 6.73. The van der Waals surface area contributed by atoms with E-state index in [0.29, 0.717) is 6.42 Å². The molecule has 0 bridgehead atoms. The molecule has 1 rings (SSSR count). The zero-order valence-corrected chi connectivity index (χ0v) is 10.7. The van der Waals surface area contributed by atoms with E-state index in [4.69, 9.17) is 0 Å². The molecule has 0 unspecified atom stereocenters. The van der Waals surface area contributed by atoms with E-state index in [9.17, 15) is 4.79 Å². The number of hydrogen-bond donors (Lipinski definition) is 0. The predicted octanol–water partition coefficient (Wildman–Crippen LogP) is 3.80. The molecule has 0 heterocycles. The van der Waals surface area contributed by atoms with Gasteiger partial charge >= 0.3 is 0 Å². The largest absolute Gasteiger partial charge is 0.295 e. The van der Waals surface area contributed by atoms with Crippen LogP contribution >= 0.6 is 11.8 Å². The molecular formula is C14H18OS. The van der Waals surface area contributed by atoms with E-state index >= 15 is 0 Å². The first kappa shape index (κ1) is 13.0. The molecule has 0 saturated heterocycles. The number of thioether (sulfide) groups is 1. The smallest absolute Gasteiger partial charge is 0.156 e. The van der Waals surface area contributed by atoms with E-state index in [1.165, 1.54) is 0 Å². The summed E-state index contributed by atoms with van der Waals surface area (Å²) in [7, 11) is 0. The molecule has 2 heteroatoms. The van der Waals surface area contributed by atoms with Crippen LogP contribution in [0, 0.1) is 0 Å². The minimum atomic E-state index is 0.224. The lowest BCUT2D eigenvalue weighted by atomic mass is 10.1. The molecule has 0 radical (unpaired) electrons. The zero-order chi connectivity index (χ0) is 11.8. The van der Waals surface area contributed by atoms with Gasteiger partial charge < -0.3 is 0 Å². The van der Waals surface area contributed by atoms with E-state index in [1.54, 1.807) is 6.08 Å². The molecule has 0 fully saturated rings. The lowest BCUT2D eigenvalue weighted by Gasteiger charge is -2.00. The number of rotatable bonds is 6. The van der Waals surface area contributed by atoms with Crippen LogP contribution in [0.25, 0.3) is 5.57 Å². The second kappa shape index (κ2) is 7.29. The van der Waals surface area contributed by atoms with Crippen molar-refractivity contribution >= 4 is 23.1 Å². The third-order valence-corrected chi connectivity index (χ3v) is 3.20. The molecule has 0 aliphatic carbocycles. The Morgan fingerprint density at radius 1 is 1.31 bits per heavy atom. The second-order valence-corrected chi connectivity index (χ2v) is 5.00. The van der Waals surface area contributed by atoms with Crippen LogP contribution in [0.4, 0.5) is 0 Å². The van der Waals surface area contributed by atoms with Gasteiger partial charge in [0.15, 0.2) is 5.78 Å². The third kappa shape index (κ3) is 4.67. The summed E-state index contributed by atoms with van der Waals surface area (Å²) in [6, 6.07) is 10.0. The SMILES string of the molecule is CCSCCC(=O)/C=C(\C)c1ccccc1. The van der Waals surface area contributed by atoms with Crippen LogP contribution in [-0.2, 0) is 4.79 Å². The van der Waals surface area contributed by atoms with Gasteiger partial charge in [-0.05, 0) is 29.9 Å². The van der Waals surface area contributed by atoms with Gasteiger partial charge in [-0.25, -0.2) is 0 Å². The van der Waals surface area contributed by atoms with E-state index < -0.39 is 0 Å². The van der Waals surface area contributed by atoms with E-state index in [1.807, 2.05) is 49.0 Å². The highest BCUT2D eigenvalue weighted by Crippen LogP contribution is 2.13. The van der Waals surface area contributed by atoms with Crippen LogP contribution in [-0.4, -0.2) is 17.3 Å². The van der Waals surface area contributed by atoms with Crippen molar-refractivity contribution in [2.24, 2.45) is 0 Å². The number of carbonyl (C=O) groups excluding carboxylic acids is 1. The minimum Gasteiger partial charge on any atom is -0.295 e. The Hall–Kier alpha value is -1.02. The van der Waals surface area contributed by atoms with Crippen LogP contribution in [0.15, 0.2) is 36.4 Å².